The van der Waals surface area contributed by atoms with Crippen LogP contribution in [0.15, 0.2) is 18.2 Å². The largest absolute Gasteiger partial charge is 0.508 e. The molecule has 0 radical (unpaired) electrons. The van der Waals surface area contributed by atoms with Crippen LogP contribution in [-0.2, 0) is 4.79 Å². The van der Waals surface area contributed by atoms with Gasteiger partial charge in [0.25, 0.3) is 0 Å². The fraction of sp³-hybridized carbons (Fsp3) is 0.300. The van der Waals surface area contributed by atoms with Gasteiger partial charge in [-0.15, -0.1) is 0 Å². The number of phenolic OH excluding ortho intramolecular Hbond substituents is 1. The van der Waals surface area contributed by atoms with Crippen LogP contribution < -0.4 is 0 Å². The molecule has 1 aromatic carbocycles. The van der Waals surface area contributed by atoms with Gasteiger partial charge in [0.15, 0.2) is 0 Å². The zero-order valence-electron chi connectivity index (χ0n) is 7.85. The van der Waals surface area contributed by atoms with E-state index in [1.807, 2.05) is 0 Å². The lowest BCUT2D eigenvalue weighted by atomic mass is 10.0. The van der Waals surface area contributed by atoms with Crippen LogP contribution in [0.5, 0.6) is 5.75 Å². The van der Waals surface area contributed by atoms with Gasteiger partial charge in [-0.3, -0.25) is 4.79 Å². The Kier molecular flexibility index (Phi) is 3.62. The minimum Gasteiger partial charge on any atom is -0.508 e. The highest BCUT2D eigenvalue weighted by molar-refractivity contribution is 5.66. The Morgan fingerprint density at radius 3 is 2.60 bits per heavy atom. The number of benzene rings is 1. The molecule has 4 nitrogen and oxygen atoms in total. The zero-order valence-corrected chi connectivity index (χ0v) is 7.85. The van der Waals surface area contributed by atoms with Crippen molar-refractivity contribution < 1.29 is 24.5 Å². The number of hydrogen-bond acceptors (Lipinski definition) is 3. The molecule has 5 heteroatoms. The molecule has 1 unspecified atom stereocenters. The van der Waals surface area contributed by atoms with Crippen molar-refractivity contribution in [1.82, 2.24) is 0 Å². The minimum atomic E-state index is -1.08. The zero-order chi connectivity index (χ0) is 11.4. The normalized spacial score (nSPS) is 12.4. The third-order valence-corrected chi connectivity index (χ3v) is 1.92. The quantitative estimate of drug-likeness (QED) is 0.708. The van der Waals surface area contributed by atoms with Crippen LogP contribution in [0.2, 0.25) is 0 Å². The van der Waals surface area contributed by atoms with Gasteiger partial charge in [-0.2, -0.15) is 0 Å². The molecule has 0 aromatic heterocycles. The molecular formula is C10H11FO4. The number of phenols is 1. The van der Waals surface area contributed by atoms with Gasteiger partial charge in [-0.05, 0) is 24.1 Å². The molecule has 1 rings (SSSR count). The van der Waals surface area contributed by atoms with Gasteiger partial charge in [0, 0.05) is 12.5 Å². The SMILES string of the molecule is O=C(O)CCC(O)c1cc(O)cc(F)c1. The number of aliphatic carboxylic acids is 1. The molecule has 1 aromatic rings. The van der Waals surface area contributed by atoms with E-state index in [-0.39, 0.29) is 24.2 Å². The van der Waals surface area contributed by atoms with E-state index in [9.17, 15) is 14.3 Å². The molecule has 0 saturated carbocycles. The molecule has 0 spiro atoms. The van der Waals surface area contributed by atoms with Crippen molar-refractivity contribution in [3.8, 4) is 5.75 Å². The lowest BCUT2D eigenvalue weighted by Gasteiger charge is -2.09. The molecule has 82 valence electrons. The van der Waals surface area contributed by atoms with E-state index in [1.54, 1.807) is 0 Å². The number of rotatable bonds is 4. The van der Waals surface area contributed by atoms with E-state index in [2.05, 4.69) is 0 Å². The second-order valence-corrected chi connectivity index (χ2v) is 3.19. The molecule has 0 aliphatic rings. The van der Waals surface area contributed by atoms with Gasteiger partial charge in [-0.25, -0.2) is 4.39 Å². The maximum atomic E-state index is 12.8. The number of carboxylic acids is 1. The summed E-state index contributed by atoms with van der Waals surface area (Å²) in [6, 6.07) is 3.18. The predicted octanol–water partition coefficient (Wildman–Crippen LogP) is 1.43. The number of carboxylic acid groups (broad SMARTS) is 1. The average molecular weight is 214 g/mol. The summed E-state index contributed by atoms with van der Waals surface area (Å²) in [5, 5.41) is 26.9. The molecule has 15 heavy (non-hydrogen) atoms. The van der Waals surface area contributed by atoms with Gasteiger partial charge in [0.05, 0.1) is 6.10 Å². The summed E-state index contributed by atoms with van der Waals surface area (Å²) < 4.78 is 12.8. The van der Waals surface area contributed by atoms with Crippen LogP contribution in [-0.4, -0.2) is 21.3 Å². The summed E-state index contributed by atoms with van der Waals surface area (Å²) >= 11 is 0. The number of aromatic hydroxyl groups is 1. The smallest absolute Gasteiger partial charge is 0.303 e. The fourth-order valence-corrected chi connectivity index (χ4v) is 1.22. The highest BCUT2D eigenvalue weighted by Crippen LogP contribution is 2.23. The van der Waals surface area contributed by atoms with Crippen LogP contribution in [0.25, 0.3) is 0 Å². The lowest BCUT2D eigenvalue weighted by Crippen LogP contribution is -2.02. The maximum absolute atomic E-state index is 12.8. The van der Waals surface area contributed by atoms with Crippen molar-refractivity contribution in [2.45, 2.75) is 18.9 Å². The Morgan fingerprint density at radius 2 is 2.07 bits per heavy atom. The fourth-order valence-electron chi connectivity index (χ4n) is 1.22. The Bertz CT molecular complexity index is 344. The average Bonchev–Trinajstić information content (AvgIpc) is 2.12. The first kappa shape index (κ1) is 11.5. The standard InChI is InChI=1S/C10H11FO4/c11-7-3-6(4-8(12)5-7)9(13)1-2-10(14)15/h3-5,9,12-13H,1-2H2,(H,14,15). The highest BCUT2D eigenvalue weighted by atomic mass is 19.1. The number of hydrogen-bond donors (Lipinski definition) is 3. The van der Waals surface area contributed by atoms with E-state index in [0.29, 0.717) is 0 Å². The molecule has 3 N–H and O–H groups in total. The van der Waals surface area contributed by atoms with E-state index in [4.69, 9.17) is 10.2 Å². The summed E-state index contributed by atoms with van der Waals surface area (Å²) in [5.74, 6) is -1.99. The third-order valence-electron chi connectivity index (χ3n) is 1.92. The Labute approximate surface area is 85.6 Å². The number of aliphatic hydroxyl groups is 1. The summed E-state index contributed by atoms with van der Waals surface area (Å²) in [6.07, 6.45) is -1.31. The van der Waals surface area contributed by atoms with Crippen molar-refractivity contribution >= 4 is 5.97 Å². The van der Waals surface area contributed by atoms with E-state index >= 15 is 0 Å². The maximum Gasteiger partial charge on any atom is 0.303 e. The topological polar surface area (TPSA) is 77.8 Å². The Hall–Kier alpha value is -1.62. The lowest BCUT2D eigenvalue weighted by molar-refractivity contribution is -0.137. The predicted molar refractivity (Wildman–Crippen MR) is 49.9 cm³/mol. The summed E-state index contributed by atoms with van der Waals surface area (Å²) in [4.78, 5) is 10.2. The van der Waals surface area contributed by atoms with Gasteiger partial charge in [0.1, 0.15) is 11.6 Å². The van der Waals surface area contributed by atoms with E-state index in [1.165, 1.54) is 6.07 Å². The van der Waals surface area contributed by atoms with Crippen molar-refractivity contribution in [3.63, 3.8) is 0 Å². The first-order chi connectivity index (χ1) is 6.99. The van der Waals surface area contributed by atoms with E-state index in [0.717, 1.165) is 12.1 Å². The van der Waals surface area contributed by atoms with E-state index < -0.39 is 17.9 Å². The van der Waals surface area contributed by atoms with Crippen molar-refractivity contribution in [2.24, 2.45) is 0 Å². The monoisotopic (exact) mass is 214 g/mol. The first-order valence-electron chi connectivity index (χ1n) is 4.38. The van der Waals surface area contributed by atoms with Gasteiger partial charge in [-0.1, -0.05) is 0 Å². The summed E-state index contributed by atoms with van der Waals surface area (Å²) in [7, 11) is 0. The van der Waals surface area contributed by atoms with Crippen LogP contribution in [0.1, 0.15) is 24.5 Å². The van der Waals surface area contributed by atoms with Crippen LogP contribution in [0, 0.1) is 5.82 Å². The molecular weight excluding hydrogens is 203 g/mol. The molecule has 0 saturated heterocycles. The van der Waals surface area contributed by atoms with Gasteiger partial charge in [0.2, 0.25) is 0 Å². The molecule has 0 aliphatic heterocycles. The molecule has 0 fully saturated rings. The molecule has 0 aliphatic carbocycles. The first-order valence-corrected chi connectivity index (χ1v) is 4.38. The van der Waals surface area contributed by atoms with Crippen LogP contribution in [0.4, 0.5) is 4.39 Å². The van der Waals surface area contributed by atoms with Gasteiger partial charge >= 0.3 is 5.97 Å². The highest BCUT2D eigenvalue weighted by Gasteiger charge is 2.11. The molecule has 1 atom stereocenters. The second-order valence-electron chi connectivity index (χ2n) is 3.19. The number of carbonyl (C=O) groups is 1. The minimum absolute atomic E-state index is 0.0156. The Morgan fingerprint density at radius 1 is 1.40 bits per heavy atom. The van der Waals surface area contributed by atoms with Crippen molar-refractivity contribution in [3.05, 3.63) is 29.6 Å². The van der Waals surface area contributed by atoms with Gasteiger partial charge < -0.3 is 15.3 Å². The van der Waals surface area contributed by atoms with Crippen LogP contribution >= 0.6 is 0 Å². The summed E-state index contributed by atoms with van der Waals surface area (Å²) in [5.41, 5.74) is 0.175. The Balaban J connectivity index is 2.72. The molecule has 0 amide bonds. The number of halogens is 1. The van der Waals surface area contributed by atoms with Crippen LogP contribution in [0.3, 0.4) is 0 Å². The summed E-state index contributed by atoms with van der Waals surface area (Å²) in [6.45, 7) is 0. The van der Waals surface area contributed by atoms with Crippen molar-refractivity contribution in [2.75, 3.05) is 0 Å². The third kappa shape index (κ3) is 3.55. The molecule has 0 heterocycles. The molecule has 0 bridgehead atoms. The number of aliphatic hydroxyl groups excluding tert-OH is 1. The van der Waals surface area contributed by atoms with Crippen molar-refractivity contribution in [1.29, 1.82) is 0 Å². The second kappa shape index (κ2) is 4.75.